The highest BCUT2D eigenvalue weighted by atomic mass is 35.5. The topological polar surface area (TPSA) is 50.3 Å². The third kappa shape index (κ3) is 2.43. The van der Waals surface area contributed by atoms with Crippen molar-refractivity contribution in [2.24, 2.45) is 0 Å². The summed E-state index contributed by atoms with van der Waals surface area (Å²) < 4.78 is 27.4. The quantitative estimate of drug-likeness (QED) is 0.849. The molecule has 1 aromatic carbocycles. The zero-order valence-corrected chi connectivity index (χ0v) is 13.0. The lowest BCUT2D eigenvalue weighted by Crippen LogP contribution is -2.31. The van der Waals surface area contributed by atoms with Gasteiger partial charge in [-0.25, -0.2) is 13.4 Å². The molecule has 0 atom stereocenters. The van der Waals surface area contributed by atoms with E-state index in [4.69, 9.17) is 11.6 Å². The van der Waals surface area contributed by atoms with Crippen LogP contribution in [0.15, 0.2) is 34.7 Å². The first kappa shape index (κ1) is 13.9. The third-order valence-corrected chi connectivity index (χ3v) is 6.68. The average Bonchev–Trinajstić information content (AvgIpc) is 2.75. The highest BCUT2D eigenvalue weighted by molar-refractivity contribution is 7.94. The number of hydrogen-bond donors (Lipinski definition) is 0. The van der Waals surface area contributed by atoms with Crippen LogP contribution in [-0.4, -0.2) is 19.9 Å². The molecule has 1 aromatic heterocycles. The van der Waals surface area contributed by atoms with E-state index < -0.39 is 10.0 Å². The van der Waals surface area contributed by atoms with E-state index in [0.717, 1.165) is 41.9 Å². The number of benzene rings is 1. The van der Waals surface area contributed by atoms with Gasteiger partial charge >= 0.3 is 0 Å². The summed E-state index contributed by atoms with van der Waals surface area (Å²) in [6.45, 7) is 0.495. The van der Waals surface area contributed by atoms with Gasteiger partial charge in [0.25, 0.3) is 10.0 Å². The Morgan fingerprint density at radius 3 is 2.80 bits per heavy atom. The Hall–Kier alpha value is -1.11. The fourth-order valence-electron chi connectivity index (χ4n) is 2.37. The zero-order chi connectivity index (χ0) is 14.2. The van der Waals surface area contributed by atoms with E-state index in [9.17, 15) is 8.42 Å². The van der Waals surface area contributed by atoms with Gasteiger partial charge in [0.1, 0.15) is 0 Å². The predicted molar refractivity (Wildman–Crippen MR) is 81.0 cm³/mol. The fraction of sp³-hybridized carbons (Fsp3) is 0.308. The second-order valence-corrected chi connectivity index (χ2v) is 8.30. The van der Waals surface area contributed by atoms with Crippen molar-refractivity contribution in [1.82, 2.24) is 4.98 Å². The molecule has 0 fully saturated rings. The molecule has 2 aromatic rings. The number of thiazole rings is 1. The van der Waals surface area contributed by atoms with Crippen LogP contribution in [-0.2, 0) is 16.4 Å². The molecule has 0 saturated carbocycles. The largest absolute Gasteiger partial charge is 0.275 e. The summed E-state index contributed by atoms with van der Waals surface area (Å²) >= 11 is 6.76. The van der Waals surface area contributed by atoms with Crippen molar-refractivity contribution in [3.05, 3.63) is 40.5 Å². The number of rotatable bonds is 2. The molecule has 0 N–H and O–H groups in total. The molecule has 3 rings (SSSR count). The van der Waals surface area contributed by atoms with Crippen LogP contribution in [0.5, 0.6) is 0 Å². The number of sulfonamides is 1. The molecule has 0 unspecified atom stereocenters. The first-order valence-electron chi connectivity index (χ1n) is 6.31. The first-order valence-corrected chi connectivity index (χ1v) is 8.94. The normalized spacial score (nSPS) is 15.8. The van der Waals surface area contributed by atoms with Crippen molar-refractivity contribution < 1.29 is 8.42 Å². The van der Waals surface area contributed by atoms with Crippen molar-refractivity contribution in [3.8, 4) is 0 Å². The van der Waals surface area contributed by atoms with Crippen LogP contribution in [0.3, 0.4) is 0 Å². The van der Waals surface area contributed by atoms with Crippen LogP contribution in [0, 0.1) is 0 Å². The minimum absolute atomic E-state index is 0.194. The van der Waals surface area contributed by atoms with Crippen molar-refractivity contribution in [1.29, 1.82) is 0 Å². The molecule has 20 heavy (non-hydrogen) atoms. The van der Waals surface area contributed by atoms with Crippen molar-refractivity contribution in [3.63, 3.8) is 0 Å². The number of aromatic nitrogens is 1. The van der Waals surface area contributed by atoms with Crippen LogP contribution < -0.4 is 4.31 Å². The summed E-state index contributed by atoms with van der Waals surface area (Å²) in [5.41, 5.74) is 1.85. The highest BCUT2D eigenvalue weighted by Gasteiger charge is 2.29. The Kier molecular flexibility index (Phi) is 3.70. The molecule has 1 aliphatic rings. The van der Waals surface area contributed by atoms with Gasteiger partial charge in [-0.1, -0.05) is 41.1 Å². The molecular formula is C13H13ClN2O2S2. The Bertz CT molecular complexity index is 727. The smallest absolute Gasteiger partial charge is 0.265 e. The second kappa shape index (κ2) is 5.35. The first-order chi connectivity index (χ1) is 9.59. The molecule has 1 aliphatic heterocycles. The Morgan fingerprint density at radius 1 is 1.25 bits per heavy atom. The average molecular weight is 329 g/mol. The number of halogens is 1. The van der Waals surface area contributed by atoms with Crippen LogP contribution in [0.25, 0.3) is 0 Å². The predicted octanol–water partition coefficient (Wildman–Crippen LogP) is 3.33. The van der Waals surface area contributed by atoms with Crippen molar-refractivity contribution >= 4 is 38.6 Å². The number of para-hydroxylation sites is 1. The van der Waals surface area contributed by atoms with Gasteiger partial charge in [0.2, 0.25) is 0 Å². The Balaban J connectivity index is 2.09. The van der Waals surface area contributed by atoms with E-state index in [1.807, 2.05) is 24.3 Å². The molecule has 2 heterocycles. The maximum atomic E-state index is 12.8. The molecule has 4 nitrogen and oxygen atoms in total. The van der Waals surface area contributed by atoms with Crippen molar-refractivity contribution in [2.45, 2.75) is 23.5 Å². The van der Waals surface area contributed by atoms with Gasteiger partial charge in [-0.15, -0.1) is 0 Å². The van der Waals surface area contributed by atoms with Crippen LogP contribution in [0.4, 0.5) is 5.69 Å². The molecule has 0 amide bonds. The van der Waals surface area contributed by atoms with Gasteiger partial charge in [-0.3, -0.25) is 4.31 Å². The maximum Gasteiger partial charge on any atom is 0.275 e. The van der Waals surface area contributed by atoms with Gasteiger partial charge < -0.3 is 0 Å². The standard InChI is InChI=1S/C13H13ClN2O2S2/c14-13-15-9-12(19-13)20(17,18)16-8-4-3-6-10-5-1-2-7-11(10)16/h1-2,5,7,9H,3-4,6,8H2. The SMILES string of the molecule is O=S(=O)(c1cnc(Cl)s1)N1CCCCc2ccccc21. The monoisotopic (exact) mass is 328 g/mol. The van der Waals surface area contributed by atoms with E-state index in [1.54, 1.807) is 0 Å². The highest BCUT2D eigenvalue weighted by Crippen LogP contribution is 2.33. The van der Waals surface area contributed by atoms with E-state index in [0.29, 0.717) is 6.54 Å². The minimum atomic E-state index is -3.57. The van der Waals surface area contributed by atoms with Crippen molar-refractivity contribution in [2.75, 3.05) is 10.8 Å². The zero-order valence-electron chi connectivity index (χ0n) is 10.6. The lowest BCUT2D eigenvalue weighted by Gasteiger charge is -2.23. The van der Waals surface area contributed by atoms with Gasteiger partial charge in [0.05, 0.1) is 11.9 Å². The third-order valence-electron chi connectivity index (χ3n) is 3.32. The number of hydrogen-bond acceptors (Lipinski definition) is 4. The molecule has 0 radical (unpaired) electrons. The van der Waals surface area contributed by atoms with Gasteiger partial charge in [-0.05, 0) is 30.9 Å². The molecule has 106 valence electrons. The van der Waals surface area contributed by atoms with Crippen LogP contribution in [0.2, 0.25) is 4.47 Å². The lowest BCUT2D eigenvalue weighted by molar-refractivity contribution is 0.591. The van der Waals surface area contributed by atoms with E-state index >= 15 is 0 Å². The summed E-state index contributed by atoms with van der Waals surface area (Å²) in [5, 5.41) is 0. The summed E-state index contributed by atoms with van der Waals surface area (Å²) in [7, 11) is -3.57. The van der Waals surface area contributed by atoms with Gasteiger partial charge in [0, 0.05) is 6.54 Å². The van der Waals surface area contributed by atoms with Gasteiger partial charge in [0.15, 0.2) is 8.68 Å². The molecule has 0 aliphatic carbocycles. The van der Waals surface area contributed by atoms with Gasteiger partial charge in [-0.2, -0.15) is 0 Å². The molecule has 7 heteroatoms. The molecule has 0 bridgehead atoms. The van der Waals surface area contributed by atoms with E-state index in [-0.39, 0.29) is 8.68 Å². The van der Waals surface area contributed by atoms with Crippen LogP contribution in [0.1, 0.15) is 18.4 Å². The summed E-state index contributed by atoms with van der Waals surface area (Å²) in [6, 6.07) is 7.66. The lowest BCUT2D eigenvalue weighted by atomic mass is 10.1. The molecular weight excluding hydrogens is 316 g/mol. The second-order valence-electron chi connectivity index (χ2n) is 4.60. The minimum Gasteiger partial charge on any atom is -0.265 e. The maximum absolute atomic E-state index is 12.8. The Morgan fingerprint density at radius 2 is 2.05 bits per heavy atom. The number of nitrogens with zero attached hydrogens (tertiary/aromatic N) is 2. The number of fused-ring (bicyclic) bond motifs is 1. The molecule has 0 spiro atoms. The van der Waals surface area contributed by atoms with Crippen LogP contribution >= 0.6 is 22.9 Å². The number of anilines is 1. The van der Waals surface area contributed by atoms with E-state index in [2.05, 4.69) is 4.98 Å². The summed E-state index contributed by atoms with van der Waals surface area (Å²) in [4.78, 5) is 3.84. The Labute approximate surface area is 127 Å². The summed E-state index contributed by atoms with van der Waals surface area (Å²) in [6.07, 6.45) is 4.08. The number of aryl methyl sites for hydroxylation is 1. The summed E-state index contributed by atoms with van der Waals surface area (Å²) in [5.74, 6) is 0. The molecule has 0 saturated heterocycles. The fourth-order valence-corrected chi connectivity index (χ4v) is 5.32. The van der Waals surface area contributed by atoms with E-state index in [1.165, 1.54) is 10.5 Å².